The Balaban J connectivity index is 1.53. The second-order valence-electron chi connectivity index (χ2n) is 7.55. The Morgan fingerprint density at radius 1 is 1.21 bits per heavy atom. The number of hydrogen-bond donors (Lipinski definition) is 2. The molecule has 1 aromatic heterocycles. The Kier molecular flexibility index (Phi) is 4.87. The van der Waals surface area contributed by atoms with Gasteiger partial charge in [-0.05, 0) is 50.7 Å². The first-order chi connectivity index (χ1) is 13.8. The molecule has 0 unspecified atom stereocenters. The summed E-state index contributed by atoms with van der Waals surface area (Å²) in [6.45, 7) is 6.18. The lowest BCUT2D eigenvalue weighted by Crippen LogP contribution is -2.42. The molecule has 0 aliphatic carbocycles. The summed E-state index contributed by atoms with van der Waals surface area (Å²) in [4.78, 5) is 12.8. The van der Waals surface area contributed by atoms with Gasteiger partial charge in [-0.25, -0.2) is 0 Å². The van der Waals surface area contributed by atoms with Gasteiger partial charge in [-0.2, -0.15) is 5.10 Å². The van der Waals surface area contributed by atoms with Crippen LogP contribution in [0.3, 0.4) is 0 Å². The highest BCUT2D eigenvalue weighted by atomic mass is 32.1. The van der Waals surface area contributed by atoms with Gasteiger partial charge < -0.3 is 14.8 Å². The summed E-state index contributed by atoms with van der Waals surface area (Å²) in [5, 5.41) is 10.2. The third kappa shape index (κ3) is 3.88. The minimum Gasteiger partial charge on any atom is -0.454 e. The number of aryl methyl sites for hydroxylation is 1. The fourth-order valence-electron chi connectivity index (χ4n) is 3.28. The van der Waals surface area contributed by atoms with Crippen LogP contribution in [-0.4, -0.2) is 27.5 Å². The number of amides is 1. The fraction of sp³-hybridized carbons (Fsp3) is 0.286. The van der Waals surface area contributed by atoms with Crippen LogP contribution in [-0.2, 0) is 16.9 Å². The molecular weight excluding hydrogens is 388 g/mol. The number of aromatic amines is 1. The predicted molar refractivity (Wildman–Crippen MR) is 111 cm³/mol. The van der Waals surface area contributed by atoms with E-state index in [4.69, 9.17) is 21.7 Å². The van der Waals surface area contributed by atoms with Gasteiger partial charge in [-0.3, -0.25) is 14.5 Å². The lowest BCUT2D eigenvalue weighted by molar-refractivity contribution is -0.123. The number of benzene rings is 2. The third-order valence-electron chi connectivity index (χ3n) is 4.92. The normalized spacial score (nSPS) is 12.8. The van der Waals surface area contributed by atoms with E-state index in [1.54, 1.807) is 4.57 Å². The Bertz CT molecular complexity index is 1120. The van der Waals surface area contributed by atoms with E-state index in [0.29, 0.717) is 22.1 Å². The third-order valence-corrected chi connectivity index (χ3v) is 5.23. The van der Waals surface area contributed by atoms with Crippen molar-refractivity contribution < 1.29 is 14.3 Å². The highest BCUT2D eigenvalue weighted by Gasteiger charge is 2.26. The van der Waals surface area contributed by atoms with Gasteiger partial charge in [-0.15, -0.1) is 0 Å². The number of carbonyl (C=O) groups excluding carboxylic acids is 1. The van der Waals surface area contributed by atoms with Crippen molar-refractivity contribution in [3.05, 3.63) is 58.4 Å². The number of ether oxygens (including phenoxy) is 2. The van der Waals surface area contributed by atoms with Gasteiger partial charge in [0.2, 0.25) is 12.7 Å². The Morgan fingerprint density at radius 2 is 1.93 bits per heavy atom. The molecule has 0 fully saturated rings. The summed E-state index contributed by atoms with van der Waals surface area (Å²) in [6, 6.07) is 13.6. The summed E-state index contributed by atoms with van der Waals surface area (Å²) < 4.78 is 12.9. The van der Waals surface area contributed by atoms with Crippen molar-refractivity contribution in [2.45, 2.75) is 32.9 Å². The Morgan fingerprint density at radius 3 is 2.69 bits per heavy atom. The molecule has 1 aliphatic heterocycles. The lowest BCUT2D eigenvalue weighted by atomic mass is 9.94. The Labute approximate surface area is 173 Å². The van der Waals surface area contributed by atoms with E-state index in [-0.39, 0.29) is 19.2 Å². The molecule has 0 saturated carbocycles. The van der Waals surface area contributed by atoms with Gasteiger partial charge >= 0.3 is 0 Å². The first-order valence-electron chi connectivity index (χ1n) is 9.27. The first kappa shape index (κ1) is 19.2. The number of nitrogens with zero attached hydrogens (tertiary/aromatic N) is 2. The lowest BCUT2D eigenvalue weighted by Gasteiger charge is -2.27. The second-order valence-corrected chi connectivity index (χ2v) is 7.93. The van der Waals surface area contributed by atoms with E-state index in [2.05, 4.69) is 15.5 Å². The van der Waals surface area contributed by atoms with E-state index in [1.165, 1.54) is 0 Å². The number of fused-ring (bicyclic) bond motifs is 1. The smallest absolute Gasteiger partial charge is 0.240 e. The van der Waals surface area contributed by atoms with Gasteiger partial charge in [-0.1, -0.05) is 35.9 Å². The summed E-state index contributed by atoms with van der Waals surface area (Å²) >= 11 is 5.34. The van der Waals surface area contributed by atoms with Gasteiger partial charge in [0.25, 0.3) is 0 Å². The zero-order chi connectivity index (χ0) is 20.6. The average molecular weight is 410 g/mol. The molecule has 150 valence electrons. The van der Waals surface area contributed by atoms with Gasteiger partial charge in [0.1, 0.15) is 6.54 Å². The summed E-state index contributed by atoms with van der Waals surface area (Å²) in [7, 11) is 0. The van der Waals surface area contributed by atoms with E-state index in [9.17, 15) is 4.79 Å². The van der Waals surface area contributed by atoms with Crippen molar-refractivity contribution in [1.82, 2.24) is 20.1 Å². The molecule has 8 heteroatoms. The van der Waals surface area contributed by atoms with Crippen molar-refractivity contribution in [1.29, 1.82) is 0 Å². The molecular formula is C21H22N4O3S. The predicted octanol–water partition coefficient (Wildman–Crippen LogP) is 3.70. The molecule has 0 atom stereocenters. The van der Waals surface area contributed by atoms with Crippen LogP contribution < -0.4 is 14.8 Å². The highest BCUT2D eigenvalue weighted by molar-refractivity contribution is 7.71. The largest absolute Gasteiger partial charge is 0.454 e. The fourth-order valence-corrected chi connectivity index (χ4v) is 3.47. The van der Waals surface area contributed by atoms with Crippen molar-refractivity contribution in [3.8, 4) is 22.9 Å². The van der Waals surface area contributed by atoms with Crippen LogP contribution in [0.5, 0.6) is 11.5 Å². The van der Waals surface area contributed by atoms with Crippen LogP contribution in [0.1, 0.15) is 25.0 Å². The monoisotopic (exact) mass is 410 g/mol. The zero-order valence-corrected chi connectivity index (χ0v) is 17.3. The maximum atomic E-state index is 12.8. The molecule has 0 bridgehead atoms. The molecule has 1 aliphatic rings. The van der Waals surface area contributed by atoms with Gasteiger partial charge in [0, 0.05) is 5.56 Å². The standard InChI is InChI=1S/C21H22N4O3S/c1-13-4-6-14(7-5-13)19-23-24-20(29)25(19)11-18(26)22-21(2,3)15-8-9-16-17(10-15)28-12-27-16/h4-10H,11-12H2,1-3H3,(H,22,26)(H,24,29). The van der Waals surface area contributed by atoms with E-state index in [1.807, 2.05) is 63.2 Å². The molecule has 1 amide bonds. The van der Waals surface area contributed by atoms with Crippen molar-refractivity contribution in [2.75, 3.05) is 6.79 Å². The van der Waals surface area contributed by atoms with Crippen LogP contribution in [0, 0.1) is 11.7 Å². The molecule has 7 nitrogen and oxygen atoms in total. The van der Waals surface area contributed by atoms with Crippen LogP contribution in [0.4, 0.5) is 0 Å². The van der Waals surface area contributed by atoms with Crippen molar-refractivity contribution in [2.24, 2.45) is 0 Å². The SMILES string of the molecule is Cc1ccc(-c2n[nH]c(=S)n2CC(=O)NC(C)(C)c2ccc3c(c2)OCO3)cc1. The van der Waals surface area contributed by atoms with Crippen LogP contribution in [0.2, 0.25) is 0 Å². The molecule has 2 N–H and O–H groups in total. The quantitative estimate of drug-likeness (QED) is 0.627. The molecule has 0 spiro atoms. The van der Waals surface area contributed by atoms with Crippen LogP contribution >= 0.6 is 12.2 Å². The van der Waals surface area contributed by atoms with Crippen molar-refractivity contribution in [3.63, 3.8) is 0 Å². The van der Waals surface area contributed by atoms with Crippen LogP contribution in [0.15, 0.2) is 42.5 Å². The maximum absolute atomic E-state index is 12.8. The number of H-pyrrole nitrogens is 1. The van der Waals surface area contributed by atoms with E-state index in [0.717, 1.165) is 16.7 Å². The number of rotatable bonds is 5. The van der Waals surface area contributed by atoms with Gasteiger partial charge in [0.15, 0.2) is 22.1 Å². The highest BCUT2D eigenvalue weighted by Crippen LogP contribution is 2.35. The number of carbonyl (C=O) groups is 1. The second kappa shape index (κ2) is 7.36. The molecule has 3 aromatic rings. The first-order valence-corrected chi connectivity index (χ1v) is 9.68. The number of aromatic nitrogens is 3. The minimum atomic E-state index is -0.603. The van der Waals surface area contributed by atoms with E-state index >= 15 is 0 Å². The van der Waals surface area contributed by atoms with Crippen molar-refractivity contribution >= 4 is 18.1 Å². The topological polar surface area (TPSA) is 81.2 Å². The Hall–Kier alpha value is -3.13. The molecule has 4 rings (SSSR count). The summed E-state index contributed by atoms with van der Waals surface area (Å²) in [6.07, 6.45) is 0. The zero-order valence-electron chi connectivity index (χ0n) is 16.5. The van der Waals surface area contributed by atoms with E-state index < -0.39 is 5.54 Å². The average Bonchev–Trinajstić information content (AvgIpc) is 3.29. The minimum absolute atomic E-state index is 0.0620. The molecule has 0 saturated heterocycles. The summed E-state index contributed by atoms with van der Waals surface area (Å²) in [5.41, 5.74) is 2.36. The van der Waals surface area contributed by atoms with Crippen LogP contribution in [0.25, 0.3) is 11.4 Å². The molecule has 29 heavy (non-hydrogen) atoms. The number of nitrogens with one attached hydrogen (secondary N) is 2. The van der Waals surface area contributed by atoms with Gasteiger partial charge in [0.05, 0.1) is 5.54 Å². The molecule has 2 aromatic carbocycles. The number of hydrogen-bond acceptors (Lipinski definition) is 5. The summed E-state index contributed by atoms with van der Waals surface area (Å²) in [5.74, 6) is 1.86. The molecule has 0 radical (unpaired) electrons. The molecule has 2 heterocycles. The maximum Gasteiger partial charge on any atom is 0.240 e.